The van der Waals surface area contributed by atoms with Crippen LogP contribution in [-0.2, 0) is 9.47 Å². The average molecular weight is 369 g/mol. The summed E-state index contributed by atoms with van der Waals surface area (Å²) < 4.78 is 20.4. The molecule has 0 saturated heterocycles. The number of ether oxygens (including phenoxy) is 3. The van der Waals surface area contributed by atoms with Gasteiger partial charge in [-0.15, -0.1) is 0 Å². The first-order valence-electron chi connectivity index (χ1n) is 6.34. The van der Waals surface area contributed by atoms with E-state index >= 15 is 0 Å². The van der Waals surface area contributed by atoms with Crippen LogP contribution in [0, 0.1) is 0 Å². The number of rotatable bonds is 6. The standard InChI is InChI=1S/C15H13BrO6/c1-19-7-8-20-14(17)10-3-2-4-11(9-10)21-15(18)12-5-6-13(16)22-12/h2-6,9H,7-8H2,1H3. The third kappa shape index (κ3) is 4.44. The Morgan fingerprint density at radius 1 is 1.14 bits per heavy atom. The van der Waals surface area contributed by atoms with E-state index in [4.69, 9.17) is 18.6 Å². The maximum Gasteiger partial charge on any atom is 0.379 e. The maximum absolute atomic E-state index is 11.8. The van der Waals surface area contributed by atoms with Crippen molar-refractivity contribution in [3.8, 4) is 5.75 Å². The molecule has 1 heterocycles. The first kappa shape index (κ1) is 16.3. The number of halogens is 1. The molecule has 0 fully saturated rings. The second-order valence-corrected chi connectivity index (χ2v) is 4.93. The Labute approximate surface area is 135 Å². The first-order chi connectivity index (χ1) is 10.6. The third-order valence-corrected chi connectivity index (χ3v) is 3.00. The number of benzene rings is 1. The summed E-state index contributed by atoms with van der Waals surface area (Å²) in [5.41, 5.74) is 0.280. The predicted molar refractivity (Wildman–Crippen MR) is 80.0 cm³/mol. The van der Waals surface area contributed by atoms with Crippen molar-refractivity contribution in [1.82, 2.24) is 0 Å². The van der Waals surface area contributed by atoms with Gasteiger partial charge in [-0.1, -0.05) is 6.07 Å². The highest BCUT2D eigenvalue weighted by Crippen LogP contribution is 2.19. The molecule has 0 aliphatic rings. The molecule has 0 aliphatic carbocycles. The van der Waals surface area contributed by atoms with Crippen LogP contribution in [0.25, 0.3) is 0 Å². The van der Waals surface area contributed by atoms with Gasteiger partial charge in [0, 0.05) is 7.11 Å². The molecule has 0 amide bonds. The molecule has 0 spiro atoms. The molecule has 7 heteroatoms. The fourth-order valence-corrected chi connectivity index (χ4v) is 1.88. The molecule has 2 rings (SSSR count). The van der Waals surface area contributed by atoms with Crippen molar-refractivity contribution < 1.29 is 28.2 Å². The van der Waals surface area contributed by atoms with Crippen LogP contribution in [0.4, 0.5) is 0 Å². The van der Waals surface area contributed by atoms with Gasteiger partial charge in [-0.05, 0) is 46.3 Å². The van der Waals surface area contributed by atoms with Gasteiger partial charge in [0.15, 0.2) is 4.67 Å². The van der Waals surface area contributed by atoms with E-state index in [-0.39, 0.29) is 23.7 Å². The Morgan fingerprint density at radius 3 is 2.64 bits per heavy atom. The SMILES string of the molecule is COCCOC(=O)c1cccc(OC(=O)c2ccc(Br)o2)c1. The highest BCUT2D eigenvalue weighted by Gasteiger charge is 2.14. The van der Waals surface area contributed by atoms with E-state index in [0.29, 0.717) is 11.3 Å². The molecule has 6 nitrogen and oxygen atoms in total. The molecule has 116 valence electrons. The minimum absolute atomic E-state index is 0.0555. The van der Waals surface area contributed by atoms with Crippen LogP contribution in [0.1, 0.15) is 20.9 Å². The van der Waals surface area contributed by atoms with Crippen LogP contribution in [0.2, 0.25) is 0 Å². The smallest absolute Gasteiger partial charge is 0.379 e. The summed E-state index contributed by atoms with van der Waals surface area (Å²) >= 11 is 3.10. The lowest BCUT2D eigenvalue weighted by atomic mass is 10.2. The summed E-state index contributed by atoms with van der Waals surface area (Å²) in [4.78, 5) is 23.6. The Hall–Kier alpha value is -2.12. The lowest BCUT2D eigenvalue weighted by Crippen LogP contribution is -2.11. The molecule has 22 heavy (non-hydrogen) atoms. The average Bonchev–Trinajstić information content (AvgIpc) is 2.94. The molecule has 2 aromatic rings. The molecule has 0 unspecified atom stereocenters. The zero-order valence-electron chi connectivity index (χ0n) is 11.7. The zero-order valence-corrected chi connectivity index (χ0v) is 13.3. The van der Waals surface area contributed by atoms with Gasteiger partial charge in [0.2, 0.25) is 5.76 Å². The lowest BCUT2D eigenvalue weighted by Gasteiger charge is -2.06. The molecule has 1 aromatic heterocycles. The molecule has 0 N–H and O–H groups in total. The Bertz CT molecular complexity index is 664. The van der Waals surface area contributed by atoms with E-state index in [0.717, 1.165) is 0 Å². The van der Waals surface area contributed by atoms with Gasteiger partial charge in [-0.2, -0.15) is 0 Å². The van der Waals surface area contributed by atoms with Crippen LogP contribution >= 0.6 is 15.9 Å². The van der Waals surface area contributed by atoms with E-state index in [1.165, 1.54) is 19.2 Å². The quantitative estimate of drug-likeness (QED) is 0.443. The van der Waals surface area contributed by atoms with Crippen LogP contribution in [0.15, 0.2) is 45.5 Å². The van der Waals surface area contributed by atoms with E-state index in [1.54, 1.807) is 24.3 Å². The fourth-order valence-electron chi connectivity index (χ4n) is 1.57. The maximum atomic E-state index is 11.8. The first-order valence-corrected chi connectivity index (χ1v) is 7.13. The monoisotopic (exact) mass is 368 g/mol. The van der Waals surface area contributed by atoms with Crippen LogP contribution in [0.3, 0.4) is 0 Å². The highest BCUT2D eigenvalue weighted by molar-refractivity contribution is 9.10. The van der Waals surface area contributed by atoms with Crippen molar-refractivity contribution >= 4 is 27.9 Å². The van der Waals surface area contributed by atoms with E-state index in [9.17, 15) is 9.59 Å². The Kier molecular flexibility index (Phi) is 5.74. The van der Waals surface area contributed by atoms with E-state index < -0.39 is 11.9 Å². The molecular weight excluding hydrogens is 356 g/mol. The van der Waals surface area contributed by atoms with E-state index in [2.05, 4.69) is 15.9 Å². The minimum Gasteiger partial charge on any atom is -0.460 e. The summed E-state index contributed by atoms with van der Waals surface area (Å²) in [7, 11) is 1.51. The van der Waals surface area contributed by atoms with Gasteiger partial charge in [0.25, 0.3) is 0 Å². The lowest BCUT2D eigenvalue weighted by molar-refractivity contribution is 0.0387. The number of carbonyl (C=O) groups excluding carboxylic acids is 2. The van der Waals surface area contributed by atoms with E-state index in [1.807, 2.05) is 0 Å². The summed E-state index contributed by atoms with van der Waals surface area (Å²) in [6.45, 7) is 0.466. The number of esters is 2. The number of hydrogen-bond acceptors (Lipinski definition) is 6. The predicted octanol–water partition coefficient (Wildman–Crippen LogP) is 3.06. The normalized spacial score (nSPS) is 10.3. The topological polar surface area (TPSA) is 75.0 Å². The second kappa shape index (κ2) is 7.77. The third-order valence-electron chi connectivity index (χ3n) is 2.58. The fraction of sp³-hybridized carbons (Fsp3) is 0.200. The Balaban J connectivity index is 2.02. The molecule has 0 aliphatic heterocycles. The summed E-state index contributed by atoms with van der Waals surface area (Å²) in [6.07, 6.45) is 0. The van der Waals surface area contributed by atoms with Crippen molar-refractivity contribution in [2.24, 2.45) is 0 Å². The van der Waals surface area contributed by atoms with Crippen LogP contribution < -0.4 is 4.74 Å². The Morgan fingerprint density at radius 2 is 1.95 bits per heavy atom. The molecule has 0 atom stereocenters. The summed E-state index contributed by atoms with van der Waals surface area (Å²) in [5, 5.41) is 0. The summed E-state index contributed by atoms with van der Waals surface area (Å²) in [5.74, 6) is -0.898. The molecular formula is C15H13BrO6. The largest absolute Gasteiger partial charge is 0.460 e. The van der Waals surface area contributed by atoms with Gasteiger partial charge in [0.1, 0.15) is 12.4 Å². The zero-order chi connectivity index (χ0) is 15.9. The number of hydrogen-bond donors (Lipinski definition) is 0. The molecule has 0 saturated carbocycles. The molecule has 0 radical (unpaired) electrons. The summed E-state index contributed by atoms with van der Waals surface area (Å²) in [6, 6.07) is 9.20. The minimum atomic E-state index is -0.657. The van der Waals surface area contributed by atoms with Crippen LogP contribution in [0.5, 0.6) is 5.75 Å². The van der Waals surface area contributed by atoms with Gasteiger partial charge in [0.05, 0.1) is 12.2 Å². The highest BCUT2D eigenvalue weighted by atomic mass is 79.9. The molecule has 1 aromatic carbocycles. The van der Waals surface area contributed by atoms with Crippen molar-refractivity contribution in [1.29, 1.82) is 0 Å². The van der Waals surface area contributed by atoms with Gasteiger partial charge in [-0.25, -0.2) is 9.59 Å². The van der Waals surface area contributed by atoms with Crippen molar-refractivity contribution in [2.75, 3.05) is 20.3 Å². The van der Waals surface area contributed by atoms with Crippen LogP contribution in [-0.4, -0.2) is 32.3 Å². The van der Waals surface area contributed by atoms with Crippen molar-refractivity contribution in [3.05, 3.63) is 52.4 Å². The van der Waals surface area contributed by atoms with Crippen molar-refractivity contribution in [2.45, 2.75) is 0 Å². The van der Waals surface area contributed by atoms with Gasteiger partial charge in [-0.3, -0.25) is 0 Å². The second-order valence-electron chi connectivity index (χ2n) is 4.15. The van der Waals surface area contributed by atoms with Gasteiger partial charge < -0.3 is 18.6 Å². The number of furan rings is 1. The number of carbonyl (C=O) groups is 2. The van der Waals surface area contributed by atoms with Gasteiger partial charge >= 0.3 is 11.9 Å². The molecule has 0 bridgehead atoms. The number of methoxy groups -OCH3 is 1. The van der Waals surface area contributed by atoms with Crippen molar-refractivity contribution in [3.63, 3.8) is 0 Å².